The Hall–Kier alpha value is -0.120. The number of likely N-dealkylation sites (tertiary alicyclic amines) is 1. The summed E-state index contributed by atoms with van der Waals surface area (Å²) in [4.78, 5) is 7.13. The minimum Gasteiger partial charge on any atom is -0.299 e. The lowest BCUT2D eigenvalue weighted by molar-refractivity contribution is 0.178. The zero-order chi connectivity index (χ0) is 12.3. The largest absolute Gasteiger partial charge is 0.299 e. The molecule has 1 aliphatic rings. The summed E-state index contributed by atoms with van der Waals surface area (Å²) in [6.45, 7) is 5.53. The second-order valence-electron chi connectivity index (χ2n) is 4.76. The van der Waals surface area contributed by atoms with Crippen molar-refractivity contribution in [1.82, 2.24) is 9.88 Å². The van der Waals surface area contributed by atoms with E-state index in [9.17, 15) is 0 Å². The van der Waals surface area contributed by atoms with Gasteiger partial charge in [-0.1, -0.05) is 34.5 Å². The van der Waals surface area contributed by atoms with Gasteiger partial charge < -0.3 is 0 Å². The lowest BCUT2D eigenvalue weighted by Crippen LogP contribution is -2.35. The number of hydrogen-bond donors (Lipinski definition) is 0. The van der Waals surface area contributed by atoms with Crippen molar-refractivity contribution in [3.05, 3.63) is 29.0 Å². The molecule has 0 bridgehead atoms. The van der Waals surface area contributed by atoms with E-state index in [1.165, 1.54) is 31.5 Å². The quantitative estimate of drug-likeness (QED) is 0.790. The van der Waals surface area contributed by atoms with Crippen molar-refractivity contribution in [2.24, 2.45) is 5.92 Å². The van der Waals surface area contributed by atoms with Gasteiger partial charge in [0.25, 0.3) is 0 Å². The molecule has 0 amide bonds. The number of pyridine rings is 1. The summed E-state index contributed by atoms with van der Waals surface area (Å²) in [5, 5.41) is 0.781. The highest BCUT2D eigenvalue weighted by molar-refractivity contribution is 9.09. The molecular formula is C13H18BrClN2. The molecule has 94 valence electrons. The van der Waals surface area contributed by atoms with E-state index in [0.29, 0.717) is 4.83 Å². The van der Waals surface area contributed by atoms with Gasteiger partial charge in [0.2, 0.25) is 0 Å². The maximum Gasteiger partial charge on any atom is 0.0634 e. The first-order chi connectivity index (χ1) is 8.16. The molecule has 1 aromatic rings. The van der Waals surface area contributed by atoms with Crippen LogP contribution < -0.4 is 0 Å². The van der Waals surface area contributed by atoms with Crippen molar-refractivity contribution < 1.29 is 0 Å². The first-order valence-corrected chi connectivity index (χ1v) is 7.41. The summed E-state index contributed by atoms with van der Waals surface area (Å²) < 4.78 is 0. The fourth-order valence-corrected chi connectivity index (χ4v) is 3.05. The minimum absolute atomic E-state index is 0.633. The van der Waals surface area contributed by atoms with E-state index >= 15 is 0 Å². The first kappa shape index (κ1) is 13.3. The molecule has 1 aliphatic heterocycles. The molecule has 0 aliphatic carbocycles. The number of aromatic nitrogens is 1. The highest BCUT2D eigenvalue weighted by atomic mass is 79.9. The lowest BCUT2D eigenvalue weighted by atomic mass is 9.94. The van der Waals surface area contributed by atoms with Gasteiger partial charge in [-0.25, -0.2) is 0 Å². The molecule has 1 aromatic heterocycles. The van der Waals surface area contributed by atoms with Crippen LogP contribution in [0.15, 0.2) is 18.5 Å². The van der Waals surface area contributed by atoms with Gasteiger partial charge in [-0.15, -0.1) is 0 Å². The van der Waals surface area contributed by atoms with E-state index in [0.717, 1.165) is 17.5 Å². The lowest BCUT2D eigenvalue weighted by Gasteiger charge is -2.33. The van der Waals surface area contributed by atoms with E-state index in [2.05, 4.69) is 32.7 Å². The molecule has 0 saturated carbocycles. The zero-order valence-electron chi connectivity index (χ0n) is 10.1. The molecule has 0 aromatic carbocycles. The van der Waals surface area contributed by atoms with Crippen LogP contribution in [0, 0.1) is 5.92 Å². The van der Waals surface area contributed by atoms with Crippen LogP contribution in [0.5, 0.6) is 0 Å². The molecule has 2 rings (SSSR count). The van der Waals surface area contributed by atoms with E-state index in [1.807, 2.05) is 12.3 Å². The smallest absolute Gasteiger partial charge is 0.0634 e. The number of halogens is 2. The Morgan fingerprint density at radius 1 is 1.53 bits per heavy atom. The Balaban J connectivity index is 1.88. The van der Waals surface area contributed by atoms with Gasteiger partial charge in [-0.2, -0.15) is 0 Å². The highest BCUT2D eigenvalue weighted by Crippen LogP contribution is 2.26. The summed E-state index contributed by atoms with van der Waals surface area (Å²) in [7, 11) is 0. The molecule has 2 heterocycles. The van der Waals surface area contributed by atoms with Crippen LogP contribution in [0.3, 0.4) is 0 Å². The molecule has 17 heavy (non-hydrogen) atoms. The van der Waals surface area contributed by atoms with Crippen LogP contribution in [0.4, 0.5) is 0 Å². The fraction of sp³-hybridized carbons (Fsp3) is 0.615. The molecule has 0 radical (unpaired) electrons. The van der Waals surface area contributed by atoms with Gasteiger partial charge in [-0.05, 0) is 43.5 Å². The second kappa shape index (κ2) is 6.17. The van der Waals surface area contributed by atoms with Crippen molar-refractivity contribution in [1.29, 1.82) is 0 Å². The molecule has 1 saturated heterocycles. The summed E-state index contributed by atoms with van der Waals surface area (Å²) in [5.41, 5.74) is 1.19. The van der Waals surface area contributed by atoms with Crippen LogP contribution >= 0.6 is 27.5 Å². The van der Waals surface area contributed by atoms with Gasteiger partial charge in [0, 0.05) is 23.8 Å². The van der Waals surface area contributed by atoms with Crippen molar-refractivity contribution >= 4 is 27.5 Å². The molecule has 2 nitrogen and oxygen atoms in total. The van der Waals surface area contributed by atoms with E-state index in [1.54, 1.807) is 6.20 Å². The van der Waals surface area contributed by atoms with Crippen LogP contribution in [0.25, 0.3) is 0 Å². The van der Waals surface area contributed by atoms with Crippen LogP contribution in [0.2, 0.25) is 5.02 Å². The molecule has 0 spiro atoms. The SMILES string of the molecule is CC(Br)C1CCN(Cc2ccncc2Cl)CC1. The molecule has 1 unspecified atom stereocenters. The Labute approximate surface area is 116 Å². The van der Waals surface area contributed by atoms with Crippen LogP contribution in [-0.4, -0.2) is 27.8 Å². The number of nitrogens with zero attached hydrogens (tertiary/aromatic N) is 2. The number of piperidine rings is 1. The monoisotopic (exact) mass is 316 g/mol. The van der Waals surface area contributed by atoms with Gasteiger partial charge in [0.15, 0.2) is 0 Å². The molecule has 1 fully saturated rings. The number of alkyl halides is 1. The summed E-state index contributed by atoms with van der Waals surface area (Å²) >= 11 is 9.81. The Bertz CT molecular complexity index is 362. The normalized spacial score (nSPS) is 20.4. The average molecular weight is 318 g/mol. The van der Waals surface area contributed by atoms with Crippen molar-refractivity contribution in [2.45, 2.75) is 31.1 Å². The molecule has 0 N–H and O–H groups in total. The Kier molecular flexibility index (Phi) is 4.83. The summed E-state index contributed by atoms with van der Waals surface area (Å²) in [6.07, 6.45) is 6.09. The molecule has 1 atom stereocenters. The van der Waals surface area contributed by atoms with Crippen LogP contribution in [0.1, 0.15) is 25.3 Å². The predicted molar refractivity (Wildman–Crippen MR) is 75.6 cm³/mol. The zero-order valence-corrected chi connectivity index (χ0v) is 12.4. The number of hydrogen-bond acceptors (Lipinski definition) is 2. The van der Waals surface area contributed by atoms with E-state index < -0.39 is 0 Å². The van der Waals surface area contributed by atoms with E-state index in [-0.39, 0.29) is 0 Å². The van der Waals surface area contributed by atoms with Crippen molar-refractivity contribution in [3.8, 4) is 0 Å². The summed E-state index contributed by atoms with van der Waals surface area (Å²) in [6, 6.07) is 2.02. The van der Waals surface area contributed by atoms with Gasteiger partial charge >= 0.3 is 0 Å². The third-order valence-electron chi connectivity index (χ3n) is 3.53. The second-order valence-corrected chi connectivity index (χ2v) is 6.61. The molecule has 4 heteroatoms. The predicted octanol–water partition coefficient (Wildman–Crippen LogP) is 3.73. The van der Waals surface area contributed by atoms with Crippen molar-refractivity contribution in [3.63, 3.8) is 0 Å². The third-order valence-corrected chi connectivity index (χ3v) is 4.62. The Morgan fingerprint density at radius 3 is 2.82 bits per heavy atom. The topological polar surface area (TPSA) is 16.1 Å². The van der Waals surface area contributed by atoms with Gasteiger partial charge in [0.1, 0.15) is 0 Å². The molecular weight excluding hydrogens is 300 g/mol. The minimum atomic E-state index is 0.633. The standard InChI is InChI=1S/C13H18BrClN2/c1-10(14)11-3-6-17(7-4-11)9-12-2-5-16-8-13(12)15/h2,5,8,10-11H,3-4,6-7,9H2,1H3. The average Bonchev–Trinajstić information content (AvgIpc) is 2.33. The van der Waals surface area contributed by atoms with Gasteiger partial charge in [-0.3, -0.25) is 9.88 Å². The van der Waals surface area contributed by atoms with Gasteiger partial charge in [0.05, 0.1) is 5.02 Å². The maximum absolute atomic E-state index is 6.13. The first-order valence-electron chi connectivity index (χ1n) is 6.11. The third kappa shape index (κ3) is 3.67. The number of rotatable bonds is 3. The highest BCUT2D eigenvalue weighted by Gasteiger charge is 2.22. The Morgan fingerprint density at radius 2 is 2.24 bits per heavy atom. The van der Waals surface area contributed by atoms with Crippen molar-refractivity contribution in [2.75, 3.05) is 13.1 Å². The van der Waals surface area contributed by atoms with Crippen LogP contribution in [-0.2, 0) is 6.54 Å². The summed E-state index contributed by atoms with van der Waals surface area (Å²) in [5.74, 6) is 0.819. The van der Waals surface area contributed by atoms with E-state index in [4.69, 9.17) is 11.6 Å². The fourth-order valence-electron chi connectivity index (χ4n) is 2.34. The maximum atomic E-state index is 6.13.